The van der Waals surface area contributed by atoms with Crippen LogP contribution in [0.5, 0.6) is 0 Å². The minimum absolute atomic E-state index is 0.0301. The van der Waals surface area contributed by atoms with Gasteiger partial charge in [0.05, 0.1) is 0 Å². The number of methoxy groups -OCH3 is 1. The Hall–Kier alpha value is -1.30. The average Bonchev–Trinajstić information content (AvgIpc) is 2.81. The largest absolute Gasteiger partial charge is 0.480 e. The molecule has 0 aromatic carbocycles. The molecular weight excluding hydrogens is 260 g/mol. The zero-order chi connectivity index (χ0) is 14.7. The summed E-state index contributed by atoms with van der Waals surface area (Å²) >= 11 is 0. The number of hydrogen-bond donors (Lipinski definition) is 1. The van der Waals surface area contributed by atoms with Crippen molar-refractivity contribution in [2.75, 3.05) is 33.4 Å². The summed E-state index contributed by atoms with van der Waals surface area (Å²) in [5.74, 6) is -0.350. The maximum Gasteiger partial charge on any atom is 0.326 e. The summed E-state index contributed by atoms with van der Waals surface area (Å²) in [6, 6.07) is -0.781. The fourth-order valence-electron chi connectivity index (χ4n) is 3.25. The number of rotatable bonds is 3. The molecule has 0 radical (unpaired) electrons. The molecule has 6 nitrogen and oxygen atoms in total. The molecular formula is C14H24N2O4. The minimum atomic E-state index is -0.891. The maximum atomic E-state index is 12.5. The molecule has 2 saturated heterocycles. The predicted octanol–water partition coefficient (Wildman–Crippen LogP) is 1.26. The summed E-state index contributed by atoms with van der Waals surface area (Å²) in [4.78, 5) is 27.1. The second-order valence-corrected chi connectivity index (χ2v) is 5.91. The van der Waals surface area contributed by atoms with Crippen LogP contribution in [0.1, 0.15) is 26.2 Å². The van der Waals surface area contributed by atoms with E-state index in [1.807, 2.05) is 6.92 Å². The summed E-state index contributed by atoms with van der Waals surface area (Å²) in [6.07, 6.45) is 2.63. The van der Waals surface area contributed by atoms with Gasteiger partial charge in [-0.15, -0.1) is 0 Å². The van der Waals surface area contributed by atoms with Crippen molar-refractivity contribution in [3.63, 3.8) is 0 Å². The molecule has 0 aromatic heterocycles. The highest BCUT2D eigenvalue weighted by molar-refractivity contribution is 5.83. The summed E-state index contributed by atoms with van der Waals surface area (Å²) in [7, 11) is 1.70. The molecule has 1 N–H and O–H groups in total. The molecule has 2 aliphatic heterocycles. The van der Waals surface area contributed by atoms with Crippen LogP contribution in [0.2, 0.25) is 0 Å². The van der Waals surface area contributed by atoms with Gasteiger partial charge in [-0.3, -0.25) is 0 Å². The second-order valence-electron chi connectivity index (χ2n) is 5.91. The lowest BCUT2D eigenvalue weighted by Gasteiger charge is -2.35. The van der Waals surface area contributed by atoms with E-state index in [1.54, 1.807) is 12.0 Å². The summed E-state index contributed by atoms with van der Waals surface area (Å²) in [5, 5.41) is 9.28. The second kappa shape index (κ2) is 6.43. The highest BCUT2D eigenvalue weighted by atomic mass is 16.5. The molecule has 2 unspecified atom stereocenters. The third kappa shape index (κ3) is 3.06. The number of piperidine rings is 1. The Morgan fingerprint density at radius 2 is 1.85 bits per heavy atom. The van der Waals surface area contributed by atoms with Gasteiger partial charge < -0.3 is 19.6 Å². The van der Waals surface area contributed by atoms with E-state index in [1.165, 1.54) is 4.90 Å². The molecule has 2 fully saturated rings. The third-order valence-corrected chi connectivity index (χ3v) is 4.49. The number of nitrogens with zero attached hydrogens (tertiary/aromatic N) is 2. The first kappa shape index (κ1) is 15.1. The lowest BCUT2D eigenvalue weighted by atomic mass is 9.98. The molecule has 0 spiro atoms. The smallest absolute Gasteiger partial charge is 0.326 e. The molecule has 20 heavy (non-hydrogen) atoms. The Bertz CT molecular complexity index is 366. The van der Waals surface area contributed by atoms with Crippen LogP contribution < -0.4 is 0 Å². The van der Waals surface area contributed by atoms with Crippen LogP contribution in [0.25, 0.3) is 0 Å². The van der Waals surface area contributed by atoms with Crippen LogP contribution in [-0.4, -0.2) is 66.3 Å². The number of urea groups is 1. The number of amides is 2. The summed E-state index contributed by atoms with van der Waals surface area (Å²) < 4.78 is 5.15. The first-order valence-corrected chi connectivity index (χ1v) is 7.32. The van der Waals surface area contributed by atoms with Crippen molar-refractivity contribution in [2.45, 2.75) is 32.2 Å². The monoisotopic (exact) mass is 284 g/mol. The van der Waals surface area contributed by atoms with E-state index in [0.29, 0.717) is 25.6 Å². The van der Waals surface area contributed by atoms with Gasteiger partial charge in [0.2, 0.25) is 0 Å². The van der Waals surface area contributed by atoms with Crippen molar-refractivity contribution >= 4 is 12.0 Å². The lowest BCUT2D eigenvalue weighted by Crippen LogP contribution is -2.51. The van der Waals surface area contributed by atoms with Crippen LogP contribution in [0.3, 0.4) is 0 Å². The Morgan fingerprint density at radius 1 is 1.20 bits per heavy atom. The van der Waals surface area contributed by atoms with Gasteiger partial charge in [-0.25, -0.2) is 9.59 Å². The zero-order valence-electron chi connectivity index (χ0n) is 12.2. The molecule has 2 aliphatic rings. The molecule has 0 aromatic rings. The minimum Gasteiger partial charge on any atom is -0.480 e. The van der Waals surface area contributed by atoms with Gasteiger partial charge >= 0.3 is 12.0 Å². The van der Waals surface area contributed by atoms with Crippen molar-refractivity contribution in [3.8, 4) is 0 Å². The van der Waals surface area contributed by atoms with Crippen molar-refractivity contribution in [2.24, 2.45) is 11.8 Å². The molecule has 114 valence electrons. The van der Waals surface area contributed by atoms with E-state index in [2.05, 4.69) is 0 Å². The molecule has 0 aliphatic carbocycles. The Kier molecular flexibility index (Phi) is 4.86. The molecule has 2 amide bonds. The number of hydrogen-bond acceptors (Lipinski definition) is 3. The number of carboxylic acid groups (broad SMARTS) is 1. The number of carboxylic acids is 1. The first-order chi connectivity index (χ1) is 9.54. The van der Waals surface area contributed by atoms with Gasteiger partial charge in [0.25, 0.3) is 0 Å². The molecule has 0 bridgehead atoms. The molecule has 2 heterocycles. The average molecular weight is 284 g/mol. The third-order valence-electron chi connectivity index (χ3n) is 4.49. The fraction of sp³-hybridized carbons (Fsp3) is 0.857. The zero-order valence-corrected chi connectivity index (χ0v) is 12.2. The Balaban J connectivity index is 1.93. The van der Waals surface area contributed by atoms with Crippen molar-refractivity contribution in [1.29, 1.82) is 0 Å². The van der Waals surface area contributed by atoms with Crippen LogP contribution in [-0.2, 0) is 9.53 Å². The highest BCUT2D eigenvalue weighted by Crippen LogP contribution is 2.27. The van der Waals surface area contributed by atoms with Gasteiger partial charge in [0.15, 0.2) is 0 Å². The number of likely N-dealkylation sites (tertiary alicyclic amines) is 2. The number of carbonyl (C=O) groups excluding carboxylic acids is 1. The Labute approximate surface area is 119 Å². The van der Waals surface area contributed by atoms with Crippen molar-refractivity contribution in [3.05, 3.63) is 0 Å². The van der Waals surface area contributed by atoms with Gasteiger partial charge in [-0.2, -0.15) is 0 Å². The van der Waals surface area contributed by atoms with E-state index in [4.69, 9.17) is 4.74 Å². The summed E-state index contributed by atoms with van der Waals surface area (Å²) in [6.45, 7) is 4.58. The lowest BCUT2D eigenvalue weighted by molar-refractivity contribution is -0.142. The van der Waals surface area contributed by atoms with Crippen molar-refractivity contribution < 1.29 is 19.4 Å². The van der Waals surface area contributed by atoms with E-state index in [0.717, 1.165) is 25.9 Å². The van der Waals surface area contributed by atoms with E-state index in [-0.39, 0.29) is 11.9 Å². The maximum absolute atomic E-state index is 12.5. The van der Waals surface area contributed by atoms with Crippen LogP contribution in [0, 0.1) is 11.8 Å². The van der Waals surface area contributed by atoms with E-state index < -0.39 is 12.0 Å². The Morgan fingerprint density at radius 3 is 2.40 bits per heavy atom. The van der Waals surface area contributed by atoms with Gasteiger partial charge in [-0.1, -0.05) is 6.92 Å². The van der Waals surface area contributed by atoms with Crippen molar-refractivity contribution in [1.82, 2.24) is 9.80 Å². The number of ether oxygens (including phenoxy) is 1. The van der Waals surface area contributed by atoms with Crippen LogP contribution in [0.15, 0.2) is 0 Å². The highest BCUT2D eigenvalue weighted by Gasteiger charge is 2.41. The van der Waals surface area contributed by atoms with Gasteiger partial charge in [0.1, 0.15) is 6.04 Å². The topological polar surface area (TPSA) is 70.1 Å². The molecule has 0 saturated carbocycles. The molecule has 2 rings (SSSR count). The quantitative estimate of drug-likeness (QED) is 0.847. The van der Waals surface area contributed by atoms with Crippen LogP contribution >= 0.6 is 0 Å². The molecule has 2 atom stereocenters. The molecule has 6 heteroatoms. The number of carbonyl (C=O) groups is 2. The standard InChI is InChI=1S/C14H24N2O4/c1-10-3-8-16(12(10)13(17)18)14(19)15-6-4-11(5-7-15)9-20-2/h10-12H,3-9H2,1-2H3,(H,17,18). The summed E-state index contributed by atoms with van der Waals surface area (Å²) in [5.41, 5.74) is 0. The van der Waals surface area contributed by atoms with E-state index in [9.17, 15) is 14.7 Å². The first-order valence-electron chi connectivity index (χ1n) is 7.32. The SMILES string of the molecule is COCC1CCN(C(=O)N2CCC(C)C2C(=O)O)CC1. The van der Waals surface area contributed by atoms with Gasteiger partial charge in [0, 0.05) is 33.4 Å². The van der Waals surface area contributed by atoms with Crippen LogP contribution in [0.4, 0.5) is 4.79 Å². The van der Waals surface area contributed by atoms with E-state index >= 15 is 0 Å². The fourth-order valence-corrected chi connectivity index (χ4v) is 3.25. The normalized spacial score (nSPS) is 27.9. The number of aliphatic carboxylic acids is 1. The predicted molar refractivity (Wildman–Crippen MR) is 73.5 cm³/mol. The van der Waals surface area contributed by atoms with Gasteiger partial charge in [-0.05, 0) is 31.1 Å².